The SMILES string of the molecule is CCOc1cc2c(cc1/C=C/C(=O)OCC(=O)c1ccc(F)cc1)O[C@H](C)C2. The van der Waals surface area contributed by atoms with Crippen LogP contribution in [0.4, 0.5) is 4.39 Å². The van der Waals surface area contributed by atoms with E-state index in [2.05, 4.69) is 0 Å². The van der Waals surface area contributed by atoms with Gasteiger partial charge in [0.1, 0.15) is 23.4 Å². The summed E-state index contributed by atoms with van der Waals surface area (Å²) >= 11 is 0. The molecule has 0 N–H and O–H groups in total. The van der Waals surface area contributed by atoms with Gasteiger partial charge >= 0.3 is 5.97 Å². The van der Waals surface area contributed by atoms with Crippen LogP contribution in [0.2, 0.25) is 0 Å². The number of carbonyl (C=O) groups is 2. The van der Waals surface area contributed by atoms with Crippen molar-refractivity contribution in [3.63, 3.8) is 0 Å². The van der Waals surface area contributed by atoms with Crippen LogP contribution in [0.3, 0.4) is 0 Å². The summed E-state index contributed by atoms with van der Waals surface area (Å²) in [6.07, 6.45) is 3.72. The second-order valence-electron chi connectivity index (χ2n) is 6.43. The average molecular weight is 384 g/mol. The molecule has 3 rings (SSSR count). The molecule has 0 bridgehead atoms. The molecule has 0 spiro atoms. The van der Waals surface area contributed by atoms with Gasteiger partial charge in [-0.3, -0.25) is 4.79 Å². The highest BCUT2D eigenvalue weighted by Gasteiger charge is 2.21. The fourth-order valence-electron chi connectivity index (χ4n) is 2.93. The monoisotopic (exact) mass is 384 g/mol. The van der Waals surface area contributed by atoms with Gasteiger partial charge in [0.05, 0.1) is 6.61 Å². The lowest BCUT2D eigenvalue weighted by molar-refractivity contribution is -0.136. The molecular weight excluding hydrogens is 363 g/mol. The maximum atomic E-state index is 12.9. The van der Waals surface area contributed by atoms with Crippen LogP contribution in [-0.4, -0.2) is 31.1 Å². The zero-order valence-corrected chi connectivity index (χ0v) is 15.7. The molecule has 5 nitrogen and oxygen atoms in total. The van der Waals surface area contributed by atoms with Gasteiger partial charge < -0.3 is 14.2 Å². The molecule has 0 fully saturated rings. The van der Waals surface area contributed by atoms with E-state index in [0.717, 1.165) is 17.7 Å². The topological polar surface area (TPSA) is 61.8 Å². The normalized spacial score (nSPS) is 15.2. The van der Waals surface area contributed by atoms with Crippen molar-refractivity contribution in [1.82, 2.24) is 0 Å². The first kappa shape index (κ1) is 19.6. The number of carbonyl (C=O) groups excluding carboxylic acids is 2. The Morgan fingerprint density at radius 2 is 2.00 bits per heavy atom. The molecule has 1 aliphatic heterocycles. The molecule has 2 aromatic rings. The van der Waals surface area contributed by atoms with Gasteiger partial charge in [-0.1, -0.05) is 0 Å². The lowest BCUT2D eigenvalue weighted by Gasteiger charge is -2.10. The van der Waals surface area contributed by atoms with Gasteiger partial charge in [-0.25, -0.2) is 9.18 Å². The van der Waals surface area contributed by atoms with E-state index in [1.807, 2.05) is 26.0 Å². The van der Waals surface area contributed by atoms with Gasteiger partial charge in [0.15, 0.2) is 12.4 Å². The van der Waals surface area contributed by atoms with E-state index in [-0.39, 0.29) is 11.7 Å². The van der Waals surface area contributed by atoms with E-state index in [1.165, 1.54) is 30.3 Å². The van der Waals surface area contributed by atoms with E-state index in [0.29, 0.717) is 17.9 Å². The van der Waals surface area contributed by atoms with Gasteiger partial charge in [0.2, 0.25) is 0 Å². The van der Waals surface area contributed by atoms with E-state index >= 15 is 0 Å². The second-order valence-corrected chi connectivity index (χ2v) is 6.43. The van der Waals surface area contributed by atoms with Crippen molar-refractivity contribution in [2.24, 2.45) is 0 Å². The van der Waals surface area contributed by atoms with Gasteiger partial charge in [-0.15, -0.1) is 0 Å². The fourth-order valence-corrected chi connectivity index (χ4v) is 2.93. The highest BCUT2D eigenvalue weighted by Crippen LogP contribution is 2.35. The summed E-state index contributed by atoms with van der Waals surface area (Å²) in [4.78, 5) is 23.9. The second kappa shape index (κ2) is 8.69. The highest BCUT2D eigenvalue weighted by atomic mass is 19.1. The summed E-state index contributed by atoms with van der Waals surface area (Å²) in [5.74, 6) is -0.0699. The Hall–Kier alpha value is -3.15. The Balaban J connectivity index is 1.64. The number of ether oxygens (including phenoxy) is 3. The standard InChI is InChI=1S/C22H21FO5/c1-3-26-20-12-17-10-14(2)28-21(17)11-16(20)6-9-22(25)27-13-19(24)15-4-7-18(23)8-5-15/h4-9,11-12,14H,3,10,13H2,1-2H3/b9-6+/t14-/m1/s1. The molecule has 146 valence electrons. The van der Waals surface area contributed by atoms with Crippen LogP contribution in [0.15, 0.2) is 42.5 Å². The molecular formula is C22H21FO5. The minimum Gasteiger partial charge on any atom is -0.493 e. The largest absolute Gasteiger partial charge is 0.493 e. The Bertz CT molecular complexity index is 902. The van der Waals surface area contributed by atoms with Gasteiger partial charge in [-0.2, -0.15) is 0 Å². The van der Waals surface area contributed by atoms with Crippen molar-refractivity contribution in [1.29, 1.82) is 0 Å². The van der Waals surface area contributed by atoms with E-state index in [9.17, 15) is 14.0 Å². The number of ketones is 1. The van der Waals surface area contributed by atoms with Crippen LogP contribution >= 0.6 is 0 Å². The van der Waals surface area contributed by atoms with Crippen LogP contribution in [0.5, 0.6) is 11.5 Å². The summed E-state index contributed by atoms with van der Waals surface area (Å²) in [5.41, 5.74) is 2.04. The highest BCUT2D eigenvalue weighted by molar-refractivity contribution is 5.98. The Morgan fingerprint density at radius 1 is 1.25 bits per heavy atom. The molecule has 1 atom stereocenters. The number of fused-ring (bicyclic) bond motifs is 1. The Kier molecular flexibility index (Phi) is 6.09. The number of hydrogen-bond acceptors (Lipinski definition) is 5. The molecule has 1 heterocycles. The lowest BCUT2D eigenvalue weighted by Crippen LogP contribution is -2.12. The van der Waals surface area contributed by atoms with E-state index < -0.39 is 24.2 Å². The molecule has 0 aromatic heterocycles. The quantitative estimate of drug-likeness (QED) is 0.410. The van der Waals surface area contributed by atoms with Crippen molar-refractivity contribution < 1.29 is 28.2 Å². The van der Waals surface area contributed by atoms with Crippen molar-refractivity contribution in [2.75, 3.05) is 13.2 Å². The van der Waals surface area contributed by atoms with Gasteiger partial charge in [-0.05, 0) is 56.3 Å². The fraction of sp³-hybridized carbons (Fsp3) is 0.273. The van der Waals surface area contributed by atoms with Crippen LogP contribution in [0, 0.1) is 5.82 Å². The Labute approximate surface area is 162 Å². The molecule has 0 saturated heterocycles. The molecule has 2 aromatic carbocycles. The minimum absolute atomic E-state index is 0.103. The molecule has 1 aliphatic rings. The van der Waals surface area contributed by atoms with Crippen molar-refractivity contribution in [3.8, 4) is 11.5 Å². The summed E-state index contributed by atoms with van der Waals surface area (Å²) in [5, 5.41) is 0. The lowest BCUT2D eigenvalue weighted by atomic mass is 10.1. The van der Waals surface area contributed by atoms with Crippen LogP contribution < -0.4 is 9.47 Å². The third kappa shape index (κ3) is 4.76. The number of Topliss-reactive ketones (excluding diaryl/α,β-unsaturated/α-hetero) is 1. The summed E-state index contributed by atoms with van der Waals surface area (Å²) in [7, 11) is 0. The zero-order chi connectivity index (χ0) is 20.1. The molecule has 0 aliphatic carbocycles. The third-order valence-electron chi connectivity index (χ3n) is 4.24. The minimum atomic E-state index is -0.660. The molecule has 28 heavy (non-hydrogen) atoms. The van der Waals surface area contributed by atoms with Crippen molar-refractivity contribution in [3.05, 3.63) is 65.0 Å². The predicted octanol–water partition coefficient (Wildman–Crippen LogP) is 3.99. The van der Waals surface area contributed by atoms with Crippen molar-refractivity contribution in [2.45, 2.75) is 26.4 Å². The number of halogens is 1. The maximum Gasteiger partial charge on any atom is 0.331 e. The van der Waals surface area contributed by atoms with Gasteiger partial charge in [0, 0.05) is 29.2 Å². The average Bonchev–Trinajstić information content (AvgIpc) is 3.03. The van der Waals surface area contributed by atoms with Crippen LogP contribution in [0.1, 0.15) is 35.3 Å². The van der Waals surface area contributed by atoms with E-state index in [1.54, 1.807) is 6.08 Å². The summed E-state index contributed by atoms with van der Waals surface area (Å²) in [6.45, 7) is 3.95. The predicted molar refractivity (Wildman–Crippen MR) is 102 cm³/mol. The first-order chi connectivity index (χ1) is 13.5. The summed E-state index contributed by atoms with van der Waals surface area (Å²) in [6, 6.07) is 8.81. The number of hydrogen-bond donors (Lipinski definition) is 0. The number of rotatable bonds is 7. The first-order valence-electron chi connectivity index (χ1n) is 9.06. The molecule has 0 saturated carbocycles. The smallest absolute Gasteiger partial charge is 0.331 e. The van der Waals surface area contributed by atoms with Crippen molar-refractivity contribution >= 4 is 17.8 Å². The number of esters is 1. The summed E-state index contributed by atoms with van der Waals surface area (Å²) < 4.78 is 29.3. The van der Waals surface area contributed by atoms with E-state index in [4.69, 9.17) is 14.2 Å². The molecule has 6 heteroatoms. The number of benzene rings is 2. The molecule has 0 amide bonds. The van der Waals surface area contributed by atoms with Gasteiger partial charge in [0.25, 0.3) is 0 Å². The van der Waals surface area contributed by atoms with Crippen LogP contribution in [0.25, 0.3) is 6.08 Å². The zero-order valence-electron chi connectivity index (χ0n) is 15.7. The third-order valence-corrected chi connectivity index (χ3v) is 4.24. The molecule has 0 radical (unpaired) electrons. The Morgan fingerprint density at radius 3 is 2.71 bits per heavy atom. The maximum absolute atomic E-state index is 12.9. The first-order valence-corrected chi connectivity index (χ1v) is 9.06. The van der Waals surface area contributed by atoms with Crippen LogP contribution in [-0.2, 0) is 16.0 Å². The molecule has 0 unspecified atom stereocenters.